The second-order valence-corrected chi connectivity index (χ2v) is 3.20. The third kappa shape index (κ3) is 1.88. The average Bonchev–Trinajstić information content (AvgIpc) is 2.78. The lowest BCUT2D eigenvalue weighted by Gasteiger charge is -2.10. The van der Waals surface area contributed by atoms with Crippen molar-refractivity contribution in [2.45, 2.75) is 5.66 Å². The van der Waals surface area contributed by atoms with E-state index in [2.05, 4.69) is 15.2 Å². The lowest BCUT2D eigenvalue weighted by Crippen LogP contribution is -2.30. The van der Waals surface area contributed by atoms with Gasteiger partial charge < -0.3 is 5.11 Å². The van der Waals surface area contributed by atoms with Crippen LogP contribution in [0.4, 0.5) is 5.69 Å². The molecular formula is C11H9N3O2. The van der Waals surface area contributed by atoms with Gasteiger partial charge in [-0.05, 0) is 24.3 Å². The maximum atomic E-state index is 11.0. The van der Waals surface area contributed by atoms with Gasteiger partial charge in [0, 0.05) is 6.21 Å². The Morgan fingerprint density at radius 2 is 2.06 bits per heavy atom. The summed E-state index contributed by atoms with van der Waals surface area (Å²) in [5.74, 6) is -1.14. The molecule has 1 N–H and O–H groups in total. The summed E-state index contributed by atoms with van der Waals surface area (Å²) in [7, 11) is 0. The lowest BCUT2D eigenvalue weighted by atomic mass is 10.2. The Bertz CT molecular complexity index is 465. The van der Waals surface area contributed by atoms with Crippen LogP contribution in [-0.2, 0) is 4.79 Å². The van der Waals surface area contributed by atoms with Gasteiger partial charge in [0.25, 0.3) is 5.66 Å². The molecule has 80 valence electrons. The van der Waals surface area contributed by atoms with Crippen LogP contribution in [0.1, 0.15) is 0 Å². The van der Waals surface area contributed by atoms with E-state index >= 15 is 0 Å². The van der Waals surface area contributed by atoms with Crippen molar-refractivity contribution < 1.29 is 9.90 Å². The summed E-state index contributed by atoms with van der Waals surface area (Å²) in [6.45, 7) is 0. The highest BCUT2D eigenvalue weighted by atomic mass is 16.4. The van der Waals surface area contributed by atoms with E-state index in [9.17, 15) is 4.79 Å². The summed E-state index contributed by atoms with van der Waals surface area (Å²) in [5, 5.41) is 16.6. The fourth-order valence-corrected chi connectivity index (χ4v) is 1.23. The molecule has 0 radical (unpaired) electrons. The van der Waals surface area contributed by atoms with Gasteiger partial charge >= 0.3 is 5.97 Å². The molecule has 0 saturated carbocycles. The number of carboxylic acids is 1. The van der Waals surface area contributed by atoms with Crippen molar-refractivity contribution >= 4 is 17.9 Å². The number of azo groups is 1. The van der Waals surface area contributed by atoms with Crippen LogP contribution in [0.25, 0.3) is 0 Å². The first-order valence-electron chi connectivity index (χ1n) is 4.67. The van der Waals surface area contributed by atoms with Gasteiger partial charge in [0.2, 0.25) is 0 Å². The van der Waals surface area contributed by atoms with E-state index in [0.717, 1.165) is 0 Å². The monoisotopic (exact) mass is 215 g/mol. The molecule has 1 aromatic carbocycles. The Hall–Kier alpha value is -2.30. The SMILES string of the molecule is O=C(O)C1(N=Nc2ccccc2)C=CC=N1. The van der Waals surface area contributed by atoms with Gasteiger partial charge in [0.1, 0.15) is 0 Å². The van der Waals surface area contributed by atoms with Crippen LogP contribution in [0.3, 0.4) is 0 Å². The summed E-state index contributed by atoms with van der Waals surface area (Å²) >= 11 is 0. The van der Waals surface area contributed by atoms with Crippen LogP contribution in [0.15, 0.2) is 57.7 Å². The van der Waals surface area contributed by atoms with Crippen LogP contribution < -0.4 is 0 Å². The van der Waals surface area contributed by atoms with Crippen molar-refractivity contribution in [3.05, 3.63) is 42.5 Å². The second-order valence-electron chi connectivity index (χ2n) is 3.20. The van der Waals surface area contributed by atoms with E-state index in [-0.39, 0.29) is 0 Å². The van der Waals surface area contributed by atoms with Gasteiger partial charge in [-0.3, -0.25) is 0 Å². The number of carbonyl (C=O) groups is 1. The number of hydrogen-bond acceptors (Lipinski definition) is 4. The first-order valence-corrected chi connectivity index (χ1v) is 4.67. The predicted molar refractivity (Wildman–Crippen MR) is 59.0 cm³/mol. The van der Waals surface area contributed by atoms with Gasteiger partial charge in [-0.1, -0.05) is 18.2 Å². The highest BCUT2D eigenvalue weighted by Crippen LogP contribution is 2.22. The minimum absolute atomic E-state index is 0.596. The van der Waals surface area contributed by atoms with Crippen molar-refractivity contribution in [3.63, 3.8) is 0 Å². The molecule has 1 unspecified atom stereocenters. The highest BCUT2D eigenvalue weighted by Gasteiger charge is 2.37. The Labute approximate surface area is 91.9 Å². The topological polar surface area (TPSA) is 74.4 Å². The summed E-state index contributed by atoms with van der Waals surface area (Å²) in [4.78, 5) is 14.8. The van der Waals surface area contributed by atoms with Crippen LogP contribution in [0.5, 0.6) is 0 Å². The van der Waals surface area contributed by atoms with Gasteiger partial charge in [0.15, 0.2) is 0 Å². The van der Waals surface area contributed by atoms with Crippen LogP contribution in [-0.4, -0.2) is 23.0 Å². The summed E-state index contributed by atoms with van der Waals surface area (Å²) < 4.78 is 0. The minimum Gasteiger partial charge on any atom is -0.478 e. The van der Waals surface area contributed by atoms with E-state index in [1.54, 1.807) is 24.3 Å². The molecule has 16 heavy (non-hydrogen) atoms. The number of hydrogen-bond donors (Lipinski definition) is 1. The number of carboxylic acid groups (broad SMARTS) is 1. The summed E-state index contributed by atoms with van der Waals surface area (Å²) in [5.41, 5.74) is -0.992. The predicted octanol–water partition coefficient (Wildman–Crippen LogP) is 2.19. The number of rotatable bonds is 3. The average molecular weight is 215 g/mol. The van der Waals surface area contributed by atoms with Crippen LogP contribution >= 0.6 is 0 Å². The number of allylic oxidation sites excluding steroid dienone is 1. The van der Waals surface area contributed by atoms with Crippen LogP contribution in [0, 0.1) is 0 Å². The summed E-state index contributed by atoms with van der Waals surface area (Å²) in [6, 6.07) is 8.92. The van der Waals surface area contributed by atoms with Crippen molar-refractivity contribution in [1.29, 1.82) is 0 Å². The van der Waals surface area contributed by atoms with E-state index in [1.165, 1.54) is 18.4 Å². The fraction of sp³-hybridized carbons (Fsp3) is 0.0909. The quantitative estimate of drug-likeness (QED) is 0.784. The standard InChI is InChI=1S/C11H9N3O2/c15-10(16)11(7-4-8-12-11)14-13-9-5-2-1-3-6-9/h1-8H,(H,15,16). The molecule has 0 amide bonds. The first-order chi connectivity index (χ1) is 7.73. The van der Waals surface area contributed by atoms with Crippen molar-refractivity contribution in [2.24, 2.45) is 15.2 Å². The van der Waals surface area contributed by atoms with Crippen molar-refractivity contribution in [3.8, 4) is 0 Å². The van der Waals surface area contributed by atoms with Crippen molar-refractivity contribution in [2.75, 3.05) is 0 Å². The molecule has 0 spiro atoms. The fourth-order valence-electron chi connectivity index (χ4n) is 1.23. The number of benzene rings is 1. The number of aliphatic imine (C=N–C) groups is 1. The summed E-state index contributed by atoms with van der Waals surface area (Å²) in [6.07, 6.45) is 4.33. The Kier molecular flexibility index (Phi) is 2.59. The van der Waals surface area contributed by atoms with E-state index < -0.39 is 11.6 Å². The minimum atomic E-state index is -1.59. The molecule has 0 aliphatic carbocycles. The first kappa shape index (κ1) is 10.2. The Balaban J connectivity index is 2.26. The molecule has 1 aliphatic rings. The van der Waals surface area contributed by atoms with Crippen molar-refractivity contribution in [1.82, 2.24) is 0 Å². The largest absolute Gasteiger partial charge is 0.478 e. The number of nitrogens with zero attached hydrogens (tertiary/aromatic N) is 3. The molecule has 1 aliphatic heterocycles. The third-order valence-corrected chi connectivity index (χ3v) is 2.07. The molecular weight excluding hydrogens is 206 g/mol. The molecule has 1 heterocycles. The molecule has 2 rings (SSSR count). The zero-order valence-electron chi connectivity index (χ0n) is 8.32. The van der Waals surface area contributed by atoms with Gasteiger partial charge in [-0.2, -0.15) is 5.11 Å². The molecule has 1 aromatic rings. The maximum absolute atomic E-state index is 11.0. The Morgan fingerprint density at radius 1 is 1.31 bits per heavy atom. The Morgan fingerprint density at radius 3 is 2.62 bits per heavy atom. The molecule has 0 fully saturated rings. The molecule has 5 nitrogen and oxygen atoms in total. The molecule has 0 aromatic heterocycles. The lowest BCUT2D eigenvalue weighted by molar-refractivity contribution is -0.141. The van der Waals surface area contributed by atoms with Gasteiger partial charge in [0.05, 0.1) is 5.69 Å². The molecule has 1 atom stereocenters. The van der Waals surface area contributed by atoms with E-state index in [1.807, 2.05) is 6.07 Å². The van der Waals surface area contributed by atoms with Gasteiger partial charge in [-0.15, -0.1) is 5.11 Å². The van der Waals surface area contributed by atoms with Crippen LogP contribution in [0.2, 0.25) is 0 Å². The molecule has 5 heteroatoms. The zero-order chi connectivity index (χ0) is 11.4. The smallest absolute Gasteiger partial charge is 0.360 e. The highest BCUT2D eigenvalue weighted by molar-refractivity contribution is 5.89. The van der Waals surface area contributed by atoms with Gasteiger partial charge in [-0.25, -0.2) is 9.79 Å². The third-order valence-electron chi connectivity index (χ3n) is 2.07. The normalized spacial score (nSPS) is 23.0. The van der Waals surface area contributed by atoms with E-state index in [4.69, 9.17) is 5.11 Å². The maximum Gasteiger partial charge on any atom is 0.360 e. The number of aliphatic carboxylic acids is 1. The molecule has 0 bridgehead atoms. The molecule has 0 saturated heterocycles. The van der Waals surface area contributed by atoms with E-state index in [0.29, 0.717) is 5.69 Å². The zero-order valence-corrected chi connectivity index (χ0v) is 8.32. The second kappa shape index (κ2) is 4.06.